The number of carbonyl (C=O) groups is 1. The van der Waals surface area contributed by atoms with E-state index in [1.807, 2.05) is 24.3 Å². The first-order valence-electron chi connectivity index (χ1n) is 6.92. The number of hydrogen-bond acceptors (Lipinski definition) is 2. The maximum absolute atomic E-state index is 12.2. The molecule has 0 fully saturated rings. The summed E-state index contributed by atoms with van der Waals surface area (Å²) >= 11 is 0. The molecule has 0 atom stereocenters. The third-order valence-electron chi connectivity index (χ3n) is 3.61. The first-order valence-corrected chi connectivity index (χ1v) is 6.92. The topological polar surface area (TPSA) is 59.3 Å². The largest absolute Gasteiger partial charge is 0.477 e. The second kappa shape index (κ2) is 5.95. The van der Waals surface area contributed by atoms with Crippen molar-refractivity contribution in [3.05, 3.63) is 69.1 Å². The van der Waals surface area contributed by atoms with E-state index in [9.17, 15) is 9.59 Å². The smallest absolute Gasteiger partial charge is 0.341 e. The van der Waals surface area contributed by atoms with E-state index in [0.29, 0.717) is 12.5 Å². The summed E-state index contributed by atoms with van der Waals surface area (Å²) in [6.45, 7) is 6.43. The number of aryl methyl sites for hydroxylation is 1. The number of nitrogens with zero attached hydrogens (tertiary/aromatic N) is 1. The lowest BCUT2D eigenvalue weighted by molar-refractivity contribution is 0.0694. The molecule has 2 rings (SSSR count). The molecule has 0 radical (unpaired) electrons. The molecule has 0 unspecified atom stereocenters. The molecule has 1 aromatic carbocycles. The molecule has 1 heterocycles. The molecule has 0 aliphatic carbocycles. The lowest BCUT2D eigenvalue weighted by Gasteiger charge is -2.12. The van der Waals surface area contributed by atoms with Crippen molar-refractivity contribution in [1.29, 1.82) is 0 Å². The van der Waals surface area contributed by atoms with Gasteiger partial charge in [-0.3, -0.25) is 4.79 Å². The Balaban J connectivity index is 2.37. The first-order chi connectivity index (χ1) is 9.90. The molecule has 0 spiro atoms. The molecular formula is C17H19NO3. The molecule has 4 nitrogen and oxygen atoms in total. The predicted octanol–water partition coefficient (Wildman–Crippen LogP) is 3.03. The molecule has 0 aliphatic heterocycles. The molecule has 0 saturated carbocycles. The highest BCUT2D eigenvalue weighted by Crippen LogP contribution is 2.15. The summed E-state index contributed by atoms with van der Waals surface area (Å²) < 4.78 is 1.49. The molecule has 0 saturated heterocycles. The Morgan fingerprint density at radius 3 is 2.29 bits per heavy atom. The zero-order chi connectivity index (χ0) is 15.6. The molecule has 21 heavy (non-hydrogen) atoms. The number of pyridine rings is 1. The average molecular weight is 285 g/mol. The van der Waals surface area contributed by atoms with E-state index in [2.05, 4.69) is 13.8 Å². The Morgan fingerprint density at radius 1 is 1.14 bits per heavy atom. The molecule has 1 N–H and O–H groups in total. The number of aromatic nitrogens is 1. The number of benzene rings is 1. The number of aromatic carboxylic acids is 1. The van der Waals surface area contributed by atoms with Crippen molar-refractivity contribution in [3.63, 3.8) is 0 Å². The van der Waals surface area contributed by atoms with E-state index in [1.54, 1.807) is 13.0 Å². The van der Waals surface area contributed by atoms with Gasteiger partial charge in [-0.25, -0.2) is 4.79 Å². The van der Waals surface area contributed by atoms with E-state index in [-0.39, 0.29) is 5.56 Å². The van der Waals surface area contributed by atoms with Crippen LogP contribution in [-0.4, -0.2) is 15.6 Å². The SMILES string of the molecule is Cc1ccc(C(=O)O)c(=O)n1Cc1ccc(C(C)C)cc1. The van der Waals surface area contributed by atoms with E-state index in [0.717, 1.165) is 11.3 Å². The molecule has 1 aromatic heterocycles. The molecule has 2 aromatic rings. The molecule has 0 bridgehead atoms. The van der Waals surface area contributed by atoms with Crippen molar-refractivity contribution in [2.24, 2.45) is 0 Å². The standard InChI is InChI=1S/C17H19NO3/c1-11(2)14-7-5-13(6-8-14)10-18-12(3)4-9-15(16(18)19)17(20)21/h4-9,11H,10H2,1-3H3,(H,20,21). The van der Waals surface area contributed by atoms with Gasteiger partial charge in [0.05, 0.1) is 6.54 Å². The first kappa shape index (κ1) is 15.0. The Bertz CT molecular complexity index is 712. The number of carboxylic acid groups (broad SMARTS) is 1. The zero-order valence-electron chi connectivity index (χ0n) is 12.5. The van der Waals surface area contributed by atoms with Crippen LogP contribution in [0.4, 0.5) is 0 Å². The van der Waals surface area contributed by atoms with Crippen molar-refractivity contribution in [1.82, 2.24) is 4.57 Å². The summed E-state index contributed by atoms with van der Waals surface area (Å²) in [7, 11) is 0. The van der Waals surface area contributed by atoms with Gasteiger partial charge in [0.2, 0.25) is 0 Å². The van der Waals surface area contributed by atoms with Crippen LogP contribution in [0.1, 0.15) is 46.9 Å². The lowest BCUT2D eigenvalue weighted by atomic mass is 10.0. The lowest BCUT2D eigenvalue weighted by Crippen LogP contribution is -2.28. The van der Waals surface area contributed by atoms with Crippen LogP contribution in [0.2, 0.25) is 0 Å². The Morgan fingerprint density at radius 2 is 1.76 bits per heavy atom. The van der Waals surface area contributed by atoms with Gasteiger partial charge >= 0.3 is 5.97 Å². The minimum absolute atomic E-state index is 0.195. The molecule has 4 heteroatoms. The van der Waals surface area contributed by atoms with Gasteiger partial charge in [0, 0.05) is 5.69 Å². The highest BCUT2D eigenvalue weighted by molar-refractivity contribution is 5.87. The van der Waals surface area contributed by atoms with Gasteiger partial charge in [0.25, 0.3) is 5.56 Å². The van der Waals surface area contributed by atoms with Gasteiger partial charge < -0.3 is 9.67 Å². The summed E-state index contributed by atoms with van der Waals surface area (Å²) in [5, 5.41) is 9.03. The second-order valence-corrected chi connectivity index (χ2v) is 5.48. The van der Waals surface area contributed by atoms with Crippen LogP contribution < -0.4 is 5.56 Å². The fourth-order valence-corrected chi connectivity index (χ4v) is 2.22. The normalized spacial score (nSPS) is 10.9. The predicted molar refractivity (Wildman–Crippen MR) is 82.0 cm³/mol. The van der Waals surface area contributed by atoms with E-state index in [1.165, 1.54) is 16.2 Å². The van der Waals surface area contributed by atoms with Gasteiger partial charge in [-0.1, -0.05) is 38.1 Å². The summed E-state index contributed by atoms with van der Waals surface area (Å²) in [6, 6.07) is 11.1. The van der Waals surface area contributed by atoms with Gasteiger partial charge in [0.1, 0.15) is 5.56 Å². The summed E-state index contributed by atoms with van der Waals surface area (Å²) in [5.41, 5.74) is 2.31. The van der Waals surface area contributed by atoms with Crippen LogP contribution in [-0.2, 0) is 6.54 Å². The monoisotopic (exact) mass is 285 g/mol. The van der Waals surface area contributed by atoms with Gasteiger partial charge in [-0.2, -0.15) is 0 Å². The summed E-state index contributed by atoms with van der Waals surface area (Å²) in [4.78, 5) is 23.2. The fraction of sp³-hybridized carbons (Fsp3) is 0.294. The van der Waals surface area contributed by atoms with E-state index in [4.69, 9.17) is 5.11 Å². The van der Waals surface area contributed by atoms with Crippen molar-refractivity contribution < 1.29 is 9.90 Å². The maximum atomic E-state index is 12.2. The third-order valence-corrected chi connectivity index (χ3v) is 3.61. The molecule has 110 valence electrons. The summed E-state index contributed by atoms with van der Waals surface area (Å²) in [5.74, 6) is -0.734. The van der Waals surface area contributed by atoms with Crippen LogP contribution in [0.15, 0.2) is 41.2 Å². The van der Waals surface area contributed by atoms with Crippen LogP contribution in [0.25, 0.3) is 0 Å². The van der Waals surface area contributed by atoms with E-state index >= 15 is 0 Å². The third kappa shape index (κ3) is 3.21. The highest BCUT2D eigenvalue weighted by Gasteiger charge is 2.12. The highest BCUT2D eigenvalue weighted by atomic mass is 16.4. The van der Waals surface area contributed by atoms with Crippen molar-refractivity contribution in [2.75, 3.05) is 0 Å². The quantitative estimate of drug-likeness (QED) is 0.939. The fourth-order valence-electron chi connectivity index (χ4n) is 2.22. The van der Waals surface area contributed by atoms with E-state index < -0.39 is 11.5 Å². The van der Waals surface area contributed by atoms with Crippen molar-refractivity contribution in [2.45, 2.75) is 33.2 Å². The molecule has 0 aliphatic rings. The molecule has 0 amide bonds. The number of carboxylic acids is 1. The van der Waals surface area contributed by atoms with Crippen molar-refractivity contribution in [3.8, 4) is 0 Å². The minimum Gasteiger partial charge on any atom is -0.477 e. The van der Waals surface area contributed by atoms with Gasteiger partial charge in [-0.05, 0) is 36.1 Å². The summed E-state index contributed by atoms with van der Waals surface area (Å²) in [6.07, 6.45) is 0. The van der Waals surface area contributed by atoms with Crippen LogP contribution in [0.3, 0.4) is 0 Å². The average Bonchev–Trinajstić information content (AvgIpc) is 2.43. The second-order valence-electron chi connectivity index (χ2n) is 5.48. The number of rotatable bonds is 4. The minimum atomic E-state index is -1.19. The Hall–Kier alpha value is -2.36. The van der Waals surface area contributed by atoms with Gasteiger partial charge in [0.15, 0.2) is 0 Å². The van der Waals surface area contributed by atoms with Crippen LogP contribution in [0.5, 0.6) is 0 Å². The Kier molecular flexibility index (Phi) is 4.26. The zero-order valence-corrected chi connectivity index (χ0v) is 12.5. The maximum Gasteiger partial charge on any atom is 0.341 e. The Labute approximate surface area is 123 Å². The van der Waals surface area contributed by atoms with Crippen LogP contribution >= 0.6 is 0 Å². The number of hydrogen-bond donors (Lipinski definition) is 1. The molecular weight excluding hydrogens is 266 g/mol. The van der Waals surface area contributed by atoms with Crippen LogP contribution in [0, 0.1) is 6.92 Å². The van der Waals surface area contributed by atoms with Gasteiger partial charge in [-0.15, -0.1) is 0 Å². The van der Waals surface area contributed by atoms with Crippen molar-refractivity contribution >= 4 is 5.97 Å².